The second kappa shape index (κ2) is 8.46. The van der Waals surface area contributed by atoms with Gasteiger partial charge in [0.1, 0.15) is 11.9 Å². The Bertz CT molecular complexity index is 550. The van der Waals surface area contributed by atoms with Crippen molar-refractivity contribution in [2.75, 3.05) is 20.2 Å². The Kier molecular flexibility index (Phi) is 6.60. The number of aliphatic hydroxyl groups excluding tert-OH is 1. The number of nitrogens with zero attached hydrogens (tertiary/aromatic N) is 1. The molecule has 1 aromatic rings. The van der Waals surface area contributed by atoms with E-state index < -0.39 is 18.2 Å². The normalized spacial score (nSPS) is 22.0. The van der Waals surface area contributed by atoms with Crippen LogP contribution in [0.3, 0.4) is 0 Å². The fourth-order valence-corrected chi connectivity index (χ4v) is 2.91. The van der Waals surface area contributed by atoms with Gasteiger partial charge in [-0.15, -0.1) is 0 Å². The van der Waals surface area contributed by atoms with Crippen LogP contribution in [-0.2, 0) is 16.1 Å². The first-order chi connectivity index (χ1) is 11.4. The maximum absolute atomic E-state index is 12.3. The van der Waals surface area contributed by atoms with Crippen LogP contribution in [0.1, 0.15) is 25.8 Å². The van der Waals surface area contributed by atoms with E-state index in [9.17, 15) is 9.90 Å². The first-order valence-corrected chi connectivity index (χ1v) is 8.37. The summed E-state index contributed by atoms with van der Waals surface area (Å²) in [4.78, 5) is 14.0. The molecule has 134 valence electrons. The Morgan fingerprint density at radius 3 is 2.83 bits per heavy atom. The zero-order chi connectivity index (χ0) is 17.7. The molecule has 0 saturated carbocycles. The van der Waals surface area contributed by atoms with E-state index >= 15 is 0 Å². The summed E-state index contributed by atoms with van der Waals surface area (Å²) < 4.78 is 11.0. The van der Waals surface area contributed by atoms with Gasteiger partial charge in [-0.2, -0.15) is 0 Å². The number of hydrogen-bond acceptors (Lipinski definition) is 5. The topological polar surface area (TPSA) is 85.0 Å². The first-order valence-electron chi connectivity index (χ1n) is 8.37. The van der Waals surface area contributed by atoms with Crippen molar-refractivity contribution < 1.29 is 19.4 Å². The molecule has 0 spiro atoms. The molecule has 6 nitrogen and oxygen atoms in total. The smallest absolute Gasteiger partial charge is 0.239 e. The fraction of sp³-hybridized carbons (Fsp3) is 0.611. The van der Waals surface area contributed by atoms with E-state index in [0.29, 0.717) is 25.5 Å². The molecule has 0 bridgehead atoms. The van der Waals surface area contributed by atoms with Crippen LogP contribution in [0.2, 0.25) is 0 Å². The van der Waals surface area contributed by atoms with Gasteiger partial charge < -0.3 is 25.2 Å². The third kappa shape index (κ3) is 4.93. The average molecular weight is 336 g/mol. The molecule has 1 aliphatic rings. The van der Waals surface area contributed by atoms with Crippen molar-refractivity contribution in [1.29, 1.82) is 0 Å². The second-order valence-electron chi connectivity index (χ2n) is 6.75. The summed E-state index contributed by atoms with van der Waals surface area (Å²) >= 11 is 0. The Morgan fingerprint density at radius 1 is 1.42 bits per heavy atom. The lowest BCUT2D eigenvalue weighted by atomic mass is 10.0. The lowest BCUT2D eigenvalue weighted by Crippen LogP contribution is -2.43. The van der Waals surface area contributed by atoms with Crippen LogP contribution >= 0.6 is 0 Å². The van der Waals surface area contributed by atoms with Gasteiger partial charge in [-0.3, -0.25) is 4.79 Å². The number of rotatable bonds is 7. The van der Waals surface area contributed by atoms with Crippen LogP contribution < -0.4 is 10.5 Å². The molecular weight excluding hydrogens is 308 g/mol. The number of carbonyl (C=O) groups is 1. The maximum Gasteiger partial charge on any atom is 0.239 e. The summed E-state index contributed by atoms with van der Waals surface area (Å²) in [7, 11) is 1.62. The standard InChI is InChI=1S/C18H28N2O4/c1-12(2)7-15(19)18(22)20-9-16(21)17(10-20)24-11-13-5-4-6-14(8-13)23-3/h4-6,8,12,15-17,21H,7,9-11,19H2,1-3H3/t15-,16?,17?/m0/s1. The van der Waals surface area contributed by atoms with E-state index in [1.54, 1.807) is 12.0 Å². The summed E-state index contributed by atoms with van der Waals surface area (Å²) in [5.41, 5.74) is 6.92. The summed E-state index contributed by atoms with van der Waals surface area (Å²) in [6.07, 6.45) is -0.446. The molecule has 3 atom stereocenters. The number of hydrogen-bond donors (Lipinski definition) is 2. The van der Waals surface area contributed by atoms with Gasteiger partial charge in [0.15, 0.2) is 0 Å². The zero-order valence-electron chi connectivity index (χ0n) is 14.6. The van der Waals surface area contributed by atoms with Gasteiger partial charge in [0, 0.05) is 13.1 Å². The van der Waals surface area contributed by atoms with Crippen molar-refractivity contribution in [2.45, 2.75) is 45.1 Å². The molecule has 1 amide bonds. The van der Waals surface area contributed by atoms with Crippen molar-refractivity contribution >= 4 is 5.91 Å². The minimum absolute atomic E-state index is 0.116. The van der Waals surface area contributed by atoms with E-state index in [-0.39, 0.29) is 12.5 Å². The Labute approximate surface area is 143 Å². The summed E-state index contributed by atoms with van der Waals surface area (Å²) in [6, 6.07) is 7.07. The van der Waals surface area contributed by atoms with Crippen LogP contribution in [0.5, 0.6) is 5.75 Å². The number of ether oxygens (including phenoxy) is 2. The van der Waals surface area contributed by atoms with Crippen molar-refractivity contribution in [3.8, 4) is 5.75 Å². The van der Waals surface area contributed by atoms with E-state index in [4.69, 9.17) is 15.2 Å². The van der Waals surface area contributed by atoms with Crippen molar-refractivity contribution in [3.63, 3.8) is 0 Å². The van der Waals surface area contributed by atoms with Gasteiger partial charge in [0.05, 0.1) is 25.9 Å². The lowest BCUT2D eigenvalue weighted by molar-refractivity contribution is -0.132. The molecule has 1 aromatic carbocycles. The molecule has 1 fully saturated rings. The van der Waals surface area contributed by atoms with Crippen LogP contribution in [0.4, 0.5) is 0 Å². The number of nitrogens with two attached hydrogens (primary N) is 1. The molecule has 2 rings (SSSR count). The lowest BCUT2D eigenvalue weighted by Gasteiger charge is -2.21. The van der Waals surface area contributed by atoms with E-state index in [1.165, 1.54) is 0 Å². The number of carbonyl (C=O) groups excluding carboxylic acids is 1. The Morgan fingerprint density at radius 2 is 2.17 bits per heavy atom. The predicted octanol–water partition coefficient (Wildman–Crippen LogP) is 1.16. The van der Waals surface area contributed by atoms with Gasteiger partial charge >= 0.3 is 0 Å². The molecule has 0 aromatic heterocycles. The fourth-order valence-electron chi connectivity index (χ4n) is 2.91. The van der Waals surface area contributed by atoms with Crippen LogP contribution in [0.15, 0.2) is 24.3 Å². The summed E-state index contributed by atoms with van der Waals surface area (Å²) in [5.74, 6) is 1.01. The van der Waals surface area contributed by atoms with E-state index in [1.807, 2.05) is 38.1 Å². The number of amides is 1. The van der Waals surface area contributed by atoms with Gasteiger partial charge in [0.25, 0.3) is 0 Å². The number of methoxy groups -OCH3 is 1. The Balaban J connectivity index is 1.87. The summed E-state index contributed by atoms with van der Waals surface area (Å²) in [6.45, 7) is 5.07. The molecule has 1 saturated heterocycles. The van der Waals surface area contributed by atoms with Gasteiger partial charge in [-0.1, -0.05) is 26.0 Å². The predicted molar refractivity (Wildman–Crippen MR) is 91.6 cm³/mol. The molecule has 0 aliphatic carbocycles. The molecule has 2 unspecified atom stereocenters. The highest BCUT2D eigenvalue weighted by Crippen LogP contribution is 2.19. The van der Waals surface area contributed by atoms with Crippen molar-refractivity contribution in [1.82, 2.24) is 4.90 Å². The van der Waals surface area contributed by atoms with Crippen LogP contribution in [0, 0.1) is 5.92 Å². The number of likely N-dealkylation sites (tertiary alicyclic amines) is 1. The Hall–Kier alpha value is -1.63. The van der Waals surface area contributed by atoms with Crippen LogP contribution in [0.25, 0.3) is 0 Å². The SMILES string of the molecule is COc1cccc(COC2CN(C(=O)[C@@H](N)CC(C)C)CC2O)c1. The zero-order valence-corrected chi connectivity index (χ0v) is 14.6. The number of aliphatic hydroxyl groups is 1. The number of β-amino-alcohol motifs (C(OH)–C–C–N with tert-alkyl or cyclic N) is 1. The molecule has 0 radical (unpaired) electrons. The van der Waals surface area contributed by atoms with Gasteiger partial charge in [0.2, 0.25) is 5.91 Å². The average Bonchev–Trinajstić information content (AvgIpc) is 2.92. The summed E-state index contributed by atoms with van der Waals surface area (Å²) in [5, 5.41) is 10.2. The minimum atomic E-state index is -0.689. The highest BCUT2D eigenvalue weighted by molar-refractivity contribution is 5.82. The quantitative estimate of drug-likeness (QED) is 0.780. The maximum atomic E-state index is 12.3. The second-order valence-corrected chi connectivity index (χ2v) is 6.75. The van der Waals surface area contributed by atoms with Crippen LogP contribution in [-0.4, -0.2) is 54.4 Å². The minimum Gasteiger partial charge on any atom is -0.497 e. The number of benzene rings is 1. The third-order valence-electron chi connectivity index (χ3n) is 4.19. The van der Waals surface area contributed by atoms with E-state index in [0.717, 1.165) is 11.3 Å². The molecular formula is C18H28N2O4. The van der Waals surface area contributed by atoms with Gasteiger partial charge in [-0.25, -0.2) is 0 Å². The highest BCUT2D eigenvalue weighted by Gasteiger charge is 2.36. The van der Waals surface area contributed by atoms with Gasteiger partial charge in [-0.05, 0) is 30.0 Å². The van der Waals surface area contributed by atoms with E-state index in [2.05, 4.69) is 0 Å². The first kappa shape index (κ1) is 18.7. The van der Waals surface area contributed by atoms with Crippen molar-refractivity contribution in [3.05, 3.63) is 29.8 Å². The monoisotopic (exact) mass is 336 g/mol. The molecule has 3 N–H and O–H groups in total. The molecule has 1 aliphatic heterocycles. The van der Waals surface area contributed by atoms with Crippen molar-refractivity contribution in [2.24, 2.45) is 11.7 Å². The molecule has 1 heterocycles. The molecule has 6 heteroatoms. The largest absolute Gasteiger partial charge is 0.497 e. The molecule has 24 heavy (non-hydrogen) atoms. The third-order valence-corrected chi connectivity index (χ3v) is 4.19. The highest BCUT2D eigenvalue weighted by atomic mass is 16.5.